The number of hydrogen-bond acceptors (Lipinski definition) is 3. The first-order chi connectivity index (χ1) is 8.11. The summed E-state index contributed by atoms with van der Waals surface area (Å²) in [5.74, 6) is 1.47. The van der Waals surface area contributed by atoms with E-state index >= 15 is 0 Å². The molecule has 92 valence electrons. The summed E-state index contributed by atoms with van der Waals surface area (Å²) >= 11 is 5.90. The first kappa shape index (κ1) is 12.3. The second-order valence-corrected chi connectivity index (χ2v) is 4.93. The Labute approximate surface area is 105 Å². The lowest BCUT2D eigenvalue weighted by Crippen LogP contribution is -2.09. The summed E-state index contributed by atoms with van der Waals surface area (Å²) in [6.07, 6.45) is 2.48. The van der Waals surface area contributed by atoms with Crippen LogP contribution in [0.4, 0.5) is 0 Å². The Morgan fingerprint density at radius 1 is 1.47 bits per heavy atom. The standard InChI is InChI=1S/C12H16ClN3O/c1-8(2)5-11-15-10-6-9(13)7-14-12(10)16(11)3-4-17/h6-8,17H,3-5H2,1-2H3. The Hall–Kier alpha value is -1.13. The first-order valence-corrected chi connectivity index (χ1v) is 6.11. The molecule has 0 atom stereocenters. The van der Waals surface area contributed by atoms with Crippen molar-refractivity contribution in [1.82, 2.24) is 14.5 Å². The van der Waals surface area contributed by atoms with Crippen molar-refractivity contribution in [2.75, 3.05) is 6.61 Å². The van der Waals surface area contributed by atoms with Gasteiger partial charge in [0.2, 0.25) is 0 Å². The molecule has 0 unspecified atom stereocenters. The molecule has 0 aliphatic rings. The largest absolute Gasteiger partial charge is 0.395 e. The normalized spacial score (nSPS) is 11.6. The fourth-order valence-electron chi connectivity index (χ4n) is 1.89. The third-order valence-corrected chi connectivity index (χ3v) is 2.75. The number of hydrogen-bond donors (Lipinski definition) is 1. The number of aliphatic hydroxyl groups excluding tert-OH is 1. The molecule has 4 nitrogen and oxygen atoms in total. The molecule has 0 spiro atoms. The Morgan fingerprint density at radius 2 is 2.24 bits per heavy atom. The minimum Gasteiger partial charge on any atom is -0.395 e. The van der Waals surface area contributed by atoms with Crippen LogP contribution in [0, 0.1) is 5.92 Å². The third-order valence-electron chi connectivity index (χ3n) is 2.55. The lowest BCUT2D eigenvalue weighted by molar-refractivity contribution is 0.275. The van der Waals surface area contributed by atoms with Gasteiger partial charge in [-0.05, 0) is 12.0 Å². The number of aliphatic hydroxyl groups is 1. The van der Waals surface area contributed by atoms with Crippen LogP contribution in [0.25, 0.3) is 11.2 Å². The summed E-state index contributed by atoms with van der Waals surface area (Å²) in [5.41, 5.74) is 1.58. The van der Waals surface area contributed by atoms with Crippen molar-refractivity contribution in [2.24, 2.45) is 5.92 Å². The monoisotopic (exact) mass is 253 g/mol. The molecular formula is C12H16ClN3O. The molecule has 0 saturated carbocycles. The van der Waals surface area contributed by atoms with E-state index in [0.29, 0.717) is 17.5 Å². The number of imidazole rings is 1. The molecule has 5 heteroatoms. The van der Waals surface area contributed by atoms with Crippen LogP contribution in [0.3, 0.4) is 0 Å². The maximum Gasteiger partial charge on any atom is 0.160 e. The topological polar surface area (TPSA) is 50.9 Å². The van der Waals surface area contributed by atoms with Gasteiger partial charge in [0.1, 0.15) is 11.3 Å². The maximum atomic E-state index is 9.11. The van der Waals surface area contributed by atoms with Crippen molar-refractivity contribution < 1.29 is 5.11 Å². The second kappa shape index (κ2) is 5.02. The van der Waals surface area contributed by atoms with Gasteiger partial charge in [-0.1, -0.05) is 25.4 Å². The van der Waals surface area contributed by atoms with E-state index in [1.54, 1.807) is 6.20 Å². The zero-order valence-electron chi connectivity index (χ0n) is 10.0. The molecule has 1 N–H and O–H groups in total. The summed E-state index contributed by atoms with van der Waals surface area (Å²) in [4.78, 5) is 8.82. The van der Waals surface area contributed by atoms with E-state index in [2.05, 4.69) is 23.8 Å². The van der Waals surface area contributed by atoms with E-state index in [-0.39, 0.29) is 6.61 Å². The Kier molecular flexibility index (Phi) is 3.64. The lowest BCUT2D eigenvalue weighted by atomic mass is 10.1. The summed E-state index contributed by atoms with van der Waals surface area (Å²) in [6, 6.07) is 1.81. The van der Waals surface area contributed by atoms with Gasteiger partial charge < -0.3 is 9.67 Å². The zero-order valence-corrected chi connectivity index (χ0v) is 10.8. The molecule has 0 bridgehead atoms. The van der Waals surface area contributed by atoms with Crippen LogP contribution in [-0.2, 0) is 13.0 Å². The minimum atomic E-state index is 0.0842. The molecule has 17 heavy (non-hydrogen) atoms. The fraction of sp³-hybridized carbons (Fsp3) is 0.500. The molecule has 2 aromatic rings. The molecule has 0 aromatic carbocycles. The van der Waals surface area contributed by atoms with Gasteiger partial charge in [-0.3, -0.25) is 0 Å². The van der Waals surface area contributed by atoms with Gasteiger partial charge in [0.05, 0.1) is 11.6 Å². The fourth-order valence-corrected chi connectivity index (χ4v) is 2.04. The van der Waals surface area contributed by atoms with Crippen molar-refractivity contribution in [1.29, 1.82) is 0 Å². The van der Waals surface area contributed by atoms with Gasteiger partial charge in [-0.15, -0.1) is 0 Å². The molecule has 0 saturated heterocycles. The minimum absolute atomic E-state index is 0.0842. The quantitative estimate of drug-likeness (QED) is 0.910. The van der Waals surface area contributed by atoms with Crippen molar-refractivity contribution in [2.45, 2.75) is 26.8 Å². The van der Waals surface area contributed by atoms with E-state index < -0.39 is 0 Å². The number of halogens is 1. The van der Waals surface area contributed by atoms with Crippen LogP contribution in [0.1, 0.15) is 19.7 Å². The molecule has 0 aliphatic carbocycles. The van der Waals surface area contributed by atoms with Gasteiger partial charge in [-0.2, -0.15) is 0 Å². The highest BCUT2D eigenvalue weighted by atomic mass is 35.5. The Balaban J connectivity index is 2.53. The molecule has 0 aliphatic heterocycles. The van der Waals surface area contributed by atoms with Crippen molar-refractivity contribution in [3.63, 3.8) is 0 Å². The van der Waals surface area contributed by atoms with Gasteiger partial charge >= 0.3 is 0 Å². The highest BCUT2D eigenvalue weighted by Crippen LogP contribution is 2.19. The highest BCUT2D eigenvalue weighted by molar-refractivity contribution is 6.31. The maximum absolute atomic E-state index is 9.11. The summed E-state index contributed by atoms with van der Waals surface area (Å²) < 4.78 is 1.96. The average molecular weight is 254 g/mol. The molecular weight excluding hydrogens is 238 g/mol. The summed E-state index contributed by atoms with van der Waals surface area (Å²) in [7, 11) is 0. The number of rotatable bonds is 4. The van der Waals surface area contributed by atoms with Crippen LogP contribution in [0.2, 0.25) is 5.02 Å². The van der Waals surface area contributed by atoms with Crippen molar-refractivity contribution in [3.05, 3.63) is 23.1 Å². The lowest BCUT2D eigenvalue weighted by Gasteiger charge is -2.08. The number of fused-ring (bicyclic) bond motifs is 1. The van der Waals surface area contributed by atoms with E-state index in [0.717, 1.165) is 23.4 Å². The van der Waals surface area contributed by atoms with Crippen molar-refractivity contribution in [3.8, 4) is 0 Å². The van der Waals surface area contributed by atoms with Gasteiger partial charge in [0.25, 0.3) is 0 Å². The molecule has 0 radical (unpaired) electrons. The van der Waals surface area contributed by atoms with Crippen LogP contribution < -0.4 is 0 Å². The van der Waals surface area contributed by atoms with Crippen LogP contribution in [-0.4, -0.2) is 26.2 Å². The molecule has 2 rings (SSSR count). The van der Waals surface area contributed by atoms with E-state index in [4.69, 9.17) is 16.7 Å². The van der Waals surface area contributed by atoms with Gasteiger partial charge in [0.15, 0.2) is 5.65 Å². The summed E-state index contributed by atoms with van der Waals surface area (Å²) in [6.45, 7) is 4.89. The van der Waals surface area contributed by atoms with Crippen LogP contribution >= 0.6 is 11.6 Å². The van der Waals surface area contributed by atoms with Crippen molar-refractivity contribution >= 4 is 22.8 Å². The first-order valence-electron chi connectivity index (χ1n) is 5.73. The second-order valence-electron chi connectivity index (χ2n) is 4.50. The molecule has 2 aromatic heterocycles. The molecule has 0 fully saturated rings. The Morgan fingerprint density at radius 3 is 2.88 bits per heavy atom. The number of nitrogens with zero attached hydrogens (tertiary/aromatic N) is 3. The van der Waals surface area contributed by atoms with Gasteiger partial charge in [0, 0.05) is 19.2 Å². The SMILES string of the molecule is CC(C)Cc1nc2cc(Cl)cnc2n1CCO. The van der Waals surface area contributed by atoms with E-state index in [1.165, 1.54) is 0 Å². The predicted octanol–water partition coefficient (Wildman–Crippen LogP) is 2.28. The average Bonchev–Trinajstić information content (AvgIpc) is 2.55. The zero-order chi connectivity index (χ0) is 12.4. The van der Waals surface area contributed by atoms with Crippen LogP contribution in [0.15, 0.2) is 12.3 Å². The third kappa shape index (κ3) is 2.58. The Bertz CT molecular complexity index is 522. The highest BCUT2D eigenvalue weighted by Gasteiger charge is 2.12. The summed E-state index contributed by atoms with van der Waals surface area (Å²) in [5, 5.41) is 9.69. The predicted molar refractivity (Wildman–Crippen MR) is 68.2 cm³/mol. The number of aromatic nitrogens is 3. The van der Waals surface area contributed by atoms with Crippen LogP contribution in [0.5, 0.6) is 0 Å². The number of pyridine rings is 1. The van der Waals surface area contributed by atoms with Gasteiger partial charge in [-0.25, -0.2) is 9.97 Å². The molecule has 2 heterocycles. The van der Waals surface area contributed by atoms with E-state index in [9.17, 15) is 0 Å². The molecule has 0 amide bonds. The van der Waals surface area contributed by atoms with E-state index in [1.807, 2.05) is 10.6 Å². The smallest absolute Gasteiger partial charge is 0.160 e.